The number of carbonyl (C=O) groups excluding carboxylic acids is 1. The highest BCUT2D eigenvalue weighted by atomic mass is 16.5. The zero-order valence-corrected chi connectivity index (χ0v) is 13.3. The molecule has 1 N–H and O–H groups in total. The molecule has 0 radical (unpaired) electrons. The average Bonchev–Trinajstić information content (AvgIpc) is 2.75. The van der Waals surface area contributed by atoms with Crippen LogP contribution in [0.25, 0.3) is 0 Å². The minimum absolute atomic E-state index is 0.0133. The third kappa shape index (κ3) is 4.31. The van der Waals surface area contributed by atoms with E-state index < -0.39 is 5.97 Å². The second kappa shape index (κ2) is 7.24. The van der Waals surface area contributed by atoms with Crippen molar-refractivity contribution in [2.24, 2.45) is 0 Å². The molecule has 21 heavy (non-hydrogen) atoms. The van der Waals surface area contributed by atoms with Crippen molar-refractivity contribution in [1.82, 2.24) is 10.1 Å². The monoisotopic (exact) mass is 296 g/mol. The minimum Gasteiger partial charge on any atom is -0.481 e. The molecular weight excluding hydrogens is 272 g/mol. The Hall–Kier alpha value is -1.85. The van der Waals surface area contributed by atoms with Gasteiger partial charge in [-0.05, 0) is 27.2 Å². The van der Waals surface area contributed by atoms with Crippen molar-refractivity contribution in [3.8, 4) is 0 Å². The molecule has 0 atom stereocenters. The Labute approximate surface area is 125 Å². The van der Waals surface area contributed by atoms with Crippen LogP contribution in [0.5, 0.6) is 0 Å². The first-order chi connectivity index (χ1) is 9.75. The summed E-state index contributed by atoms with van der Waals surface area (Å²) in [5.74, 6) is -0.340. The van der Waals surface area contributed by atoms with Crippen LogP contribution < -0.4 is 0 Å². The van der Waals surface area contributed by atoms with Gasteiger partial charge in [0.05, 0.1) is 5.69 Å². The quantitative estimate of drug-likeness (QED) is 0.836. The van der Waals surface area contributed by atoms with Crippen LogP contribution in [0.15, 0.2) is 4.52 Å². The van der Waals surface area contributed by atoms with Gasteiger partial charge in [-0.25, -0.2) is 0 Å². The van der Waals surface area contributed by atoms with E-state index in [9.17, 15) is 9.59 Å². The molecule has 0 aliphatic rings. The predicted molar refractivity (Wildman–Crippen MR) is 78.4 cm³/mol. The van der Waals surface area contributed by atoms with E-state index in [1.807, 2.05) is 27.7 Å². The molecule has 0 fully saturated rings. The average molecular weight is 296 g/mol. The second-order valence-corrected chi connectivity index (χ2v) is 5.75. The van der Waals surface area contributed by atoms with Gasteiger partial charge >= 0.3 is 5.97 Å². The molecule has 1 rings (SSSR count). The number of hydrogen-bond donors (Lipinski definition) is 1. The summed E-state index contributed by atoms with van der Waals surface area (Å²) in [5.41, 5.74) is 1.08. The summed E-state index contributed by atoms with van der Waals surface area (Å²) in [6.45, 7) is 9.87. The molecule has 0 bridgehead atoms. The highest BCUT2D eigenvalue weighted by molar-refractivity contribution is 5.96. The molecular formula is C15H24N2O4. The van der Waals surface area contributed by atoms with E-state index in [0.717, 1.165) is 0 Å². The third-order valence-corrected chi connectivity index (χ3v) is 3.30. The number of amides is 1. The Morgan fingerprint density at radius 1 is 1.29 bits per heavy atom. The summed E-state index contributed by atoms with van der Waals surface area (Å²) in [6.07, 6.45) is 0.483. The van der Waals surface area contributed by atoms with Gasteiger partial charge in [-0.15, -0.1) is 0 Å². The molecule has 0 saturated carbocycles. The van der Waals surface area contributed by atoms with E-state index >= 15 is 0 Å². The maximum atomic E-state index is 12.7. The molecule has 0 saturated heterocycles. The highest BCUT2D eigenvalue weighted by Crippen LogP contribution is 2.24. The van der Waals surface area contributed by atoms with Crippen LogP contribution in [-0.4, -0.2) is 39.6 Å². The van der Waals surface area contributed by atoms with Crippen molar-refractivity contribution in [1.29, 1.82) is 0 Å². The van der Waals surface area contributed by atoms with Crippen LogP contribution in [0.3, 0.4) is 0 Å². The molecule has 0 unspecified atom stereocenters. The molecule has 1 amide bonds. The number of carboxylic acids is 1. The topological polar surface area (TPSA) is 83.6 Å². The molecule has 118 valence electrons. The standard InChI is InChI=1S/C15H24N2O4/c1-9(2)14-13(11(5)16-21-14)15(20)17(10(3)4)8-6-7-12(18)19/h9-10H,6-8H2,1-5H3,(H,18,19). The van der Waals surface area contributed by atoms with E-state index in [2.05, 4.69) is 5.16 Å². The zero-order chi connectivity index (χ0) is 16.2. The molecule has 0 aliphatic heterocycles. The van der Waals surface area contributed by atoms with E-state index in [4.69, 9.17) is 9.63 Å². The van der Waals surface area contributed by atoms with Gasteiger partial charge in [-0.1, -0.05) is 19.0 Å². The fourth-order valence-electron chi connectivity index (χ4n) is 2.18. The molecule has 1 aromatic rings. The number of rotatable bonds is 7. The second-order valence-electron chi connectivity index (χ2n) is 5.75. The normalized spacial score (nSPS) is 11.2. The van der Waals surface area contributed by atoms with Crippen LogP contribution in [0, 0.1) is 6.92 Å². The number of nitrogens with zero attached hydrogens (tertiary/aromatic N) is 2. The van der Waals surface area contributed by atoms with E-state index in [1.165, 1.54) is 0 Å². The van der Waals surface area contributed by atoms with Gasteiger partial charge in [-0.3, -0.25) is 9.59 Å². The van der Waals surface area contributed by atoms with Crippen molar-refractivity contribution >= 4 is 11.9 Å². The lowest BCUT2D eigenvalue weighted by molar-refractivity contribution is -0.137. The van der Waals surface area contributed by atoms with Crippen molar-refractivity contribution in [2.75, 3.05) is 6.54 Å². The van der Waals surface area contributed by atoms with Crippen molar-refractivity contribution in [3.63, 3.8) is 0 Å². The Bertz CT molecular complexity index is 506. The fraction of sp³-hybridized carbons (Fsp3) is 0.667. The molecule has 6 heteroatoms. The van der Waals surface area contributed by atoms with E-state index in [-0.39, 0.29) is 24.3 Å². The first-order valence-electron chi connectivity index (χ1n) is 7.24. The van der Waals surface area contributed by atoms with Gasteiger partial charge in [0.1, 0.15) is 5.56 Å². The van der Waals surface area contributed by atoms with Gasteiger partial charge in [0.15, 0.2) is 5.76 Å². The van der Waals surface area contributed by atoms with Gasteiger partial charge in [-0.2, -0.15) is 0 Å². The van der Waals surface area contributed by atoms with E-state index in [0.29, 0.717) is 30.0 Å². The van der Waals surface area contributed by atoms with Crippen LogP contribution in [-0.2, 0) is 4.79 Å². The van der Waals surface area contributed by atoms with Crippen molar-refractivity contribution < 1.29 is 19.2 Å². The summed E-state index contributed by atoms with van der Waals surface area (Å²) in [4.78, 5) is 25.0. The Morgan fingerprint density at radius 3 is 2.38 bits per heavy atom. The lowest BCUT2D eigenvalue weighted by Gasteiger charge is -2.26. The van der Waals surface area contributed by atoms with Crippen LogP contribution in [0.4, 0.5) is 0 Å². The first kappa shape index (κ1) is 17.2. The third-order valence-electron chi connectivity index (χ3n) is 3.30. The van der Waals surface area contributed by atoms with Crippen molar-refractivity contribution in [3.05, 3.63) is 17.0 Å². The van der Waals surface area contributed by atoms with Crippen LogP contribution >= 0.6 is 0 Å². The summed E-state index contributed by atoms with van der Waals surface area (Å²) < 4.78 is 5.26. The molecule has 0 aromatic carbocycles. The molecule has 1 aromatic heterocycles. The predicted octanol–water partition coefficient (Wildman–Crippen LogP) is 2.82. The summed E-state index contributed by atoms with van der Waals surface area (Å²) >= 11 is 0. The Morgan fingerprint density at radius 2 is 1.90 bits per heavy atom. The smallest absolute Gasteiger partial charge is 0.303 e. The number of carbonyl (C=O) groups is 2. The Kier molecular flexibility index (Phi) is 5.93. The lowest BCUT2D eigenvalue weighted by Crippen LogP contribution is -2.38. The summed E-state index contributed by atoms with van der Waals surface area (Å²) in [7, 11) is 0. The number of carboxylic acid groups (broad SMARTS) is 1. The summed E-state index contributed by atoms with van der Waals surface area (Å²) in [6, 6.07) is -0.0133. The maximum absolute atomic E-state index is 12.7. The van der Waals surface area contributed by atoms with Gasteiger partial charge in [0, 0.05) is 24.9 Å². The zero-order valence-electron chi connectivity index (χ0n) is 13.3. The van der Waals surface area contributed by atoms with Gasteiger partial charge < -0.3 is 14.5 Å². The molecule has 1 heterocycles. The number of aromatic nitrogens is 1. The molecule has 0 spiro atoms. The van der Waals surface area contributed by atoms with Gasteiger partial charge in [0.2, 0.25) is 0 Å². The fourth-order valence-corrected chi connectivity index (χ4v) is 2.18. The molecule has 6 nitrogen and oxygen atoms in total. The Balaban J connectivity index is 2.96. The van der Waals surface area contributed by atoms with Crippen LogP contribution in [0.1, 0.15) is 68.3 Å². The van der Waals surface area contributed by atoms with E-state index in [1.54, 1.807) is 11.8 Å². The maximum Gasteiger partial charge on any atom is 0.303 e. The minimum atomic E-state index is -0.852. The number of hydrogen-bond acceptors (Lipinski definition) is 4. The number of aliphatic carboxylic acids is 1. The SMILES string of the molecule is Cc1noc(C(C)C)c1C(=O)N(CCCC(=O)O)C(C)C. The van der Waals surface area contributed by atoms with Crippen LogP contribution in [0.2, 0.25) is 0 Å². The number of aryl methyl sites for hydroxylation is 1. The highest BCUT2D eigenvalue weighted by Gasteiger charge is 2.27. The molecule has 0 aliphatic carbocycles. The van der Waals surface area contributed by atoms with Crippen molar-refractivity contribution in [2.45, 2.75) is 59.4 Å². The largest absolute Gasteiger partial charge is 0.481 e. The van der Waals surface area contributed by atoms with Gasteiger partial charge in [0.25, 0.3) is 5.91 Å². The lowest BCUT2D eigenvalue weighted by atomic mass is 10.0. The first-order valence-corrected chi connectivity index (χ1v) is 7.24. The summed E-state index contributed by atoms with van der Waals surface area (Å²) in [5, 5.41) is 12.6.